The monoisotopic (exact) mass is 397 g/mol. The molecule has 154 valence electrons. The number of nitrogens with zero attached hydrogens (tertiary/aromatic N) is 2. The zero-order valence-corrected chi connectivity index (χ0v) is 16.9. The zero-order chi connectivity index (χ0) is 20.6. The summed E-state index contributed by atoms with van der Waals surface area (Å²) in [6.07, 6.45) is 0. The highest BCUT2D eigenvalue weighted by Crippen LogP contribution is 2.20. The Morgan fingerprint density at radius 1 is 0.828 bits per heavy atom. The number of methoxy groups -OCH3 is 2. The van der Waals surface area contributed by atoms with Crippen molar-refractivity contribution in [3.63, 3.8) is 0 Å². The molecule has 2 aromatic carbocycles. The molecule has 7 nitrogen and oxygen atoms in total. The summed E-state index contributed by atoms with van der Waals surface area (Å²) >= 11 is 0. The van der Waals surface area contributed by atoms with Crippen molar-refractivity contribution in [2.24, 2.45) is 0 Å². The molecule has 3 rings (SSSR count). The quantitative estimate of drug-likeness (QED) is 0.515. The van der Waals surface area contributed by atoms with Crippen LogP contribution in [0.1, 0.15) is 11.1 Å². The molecule has 1 heterocycles. The van der Waals surface area contributed by atoms with Gasteiger partial charge in [0, 0.05) is 50.4 Å². The van der Waals surface area contributed by atoms with Crippen LogP contribution in [0.2, 0.25) is 0 Å². The van der Waals surface area contributed by atoms with Crippen molar-refractivity contribution in [1.29, 1.82) is 0 Å². The Morgan fingerprint density at radius 3 is 2.07 bits per heavy atom. The van der Waals surface area contributed by atoms with Gasteiger partial charge in [0.2, 0.25) is 0 Å². The van der Waals surface area contributed by atoms with Crippen molar-refractivity contribution in [3.05, 3.63) is 59.7 Å². The van der Waals surface area contributed by atoms with Crippen LogP contribution in [0.5, 0.6) is 11.5 Å². The summed E-state index contributed by atoms with van der Waals surface area (Å²) in [4.78, 5) is 28.2. The fourth-order valence-electron chi connectivity index (χ4n) is 3.40. The highest BCUT2D eigenvalue weighted by atomic mass is 16.5. The SMILES string of the molecule is COc1ccccc1CNCCN1CCN(Cc2ccccc2OC)C(=O)C1=O. The van der Waals surface area contributed by atoms with Gasteiger partial charge in [-0.05, 0) is 12.1 Å². The highest BCUT2D eigenvalue weighted by molar-refractivity contribution is 6.35. The van der Waals surface area contributed by atoms with Gasteiger partial charge in [0.15, 0.2) is 0 Å². The van der Waals surface area contributed by atoms with E-state index in [2.05, 4.69) is 5.32 Å². The molecule has 7 heteroatoms. The Labute approximate surface area is 171 Å². The molecule has 1 aliphatic heterocycles. The summed E-state index contributed by atoms with van der Waals surface area (Å²) < 4.78 is 10.7. The van der Waals surface area contributed by atoms with Gasteiger partial charge in [-0.25, -0.2) is 0 Å². The van der Waals surface area contributed by atoms with E-state index in [1.807, 2.05) is 48.5 Å². The number of nitrogens with one attached hydrogen (secondary N) is 1. The summed E-state index contributed by atoms with van der Waals surface area (Å²) in [5.74, 6) is 0.629. The highest BCUT2D eigenvalue weighted by Gasteiger charge is 2.32. The summed E-state index contributed by atoms with van der Waals surface area (Å²) in [5.41, 5.74) is 1.95. The molecule has 0 saturated carbocycles. The number of piperazine rings is 1. The van der Waals surface area contributed by atoms with E-state index in [4.69, 9.17) is 9.47 Å². The Balaban J connectivity index is 1.49. The summed E-state index contributed by atoms with van der Waals surface area (Å²) in [7, 11) is 3.25. The molecule has 0 aliphatic carbocycles. The standard InChI is InChI=1S/C22H27N3O4/c1-28-19-9-5-3-7-17(19)15-23-11-12-24-13-14-25(22(27)21(24)26)16-18-8-4-6-10-20(18)29-2/h3-10,23H,11-16H2,1-2H3. The minimum Gasteiger partial charge on any atom is -0.496 e. The van der Waals surface area contributed by atoms with Crippen molar-refractivity contribution in [1.82, 2.24) is 15.1 Å². The minimum absolute atomic E-state index is 0.370. The van der Waals surface area contributed by atoms with Gasteiger partial charge in [-0.1, -0.05) is 36.4 Å². The maximum Gasteiger partial charge on any atom is 0.312 e. The lowest BCUT2D eigenvalue weighted by Gasteiger charge is -2.34. The minimum atomic E-state index is -0.466. The molecule has 0 unspecified atom stereocenters. The summed E-state index contributed by atoms with van der Waals surface area (Å²) in [6.45, 7) is 3.13. The molecule has 0 atom stereocenters. The lowest BCUT2D eigenvalue weighted by molar-refractivity contribution is -0.156. The van der Waals surface area contributed by atoms with Crippen LogP contribution in [-0.4, -0.2) is 62.0 Å². The van der Waals surface area contributed by atoms with Crippen LogP contribution in [0.3, 0.4) is 0 Å². The number of amides is 2. The largest absolute Gasteiger partial charge is 0.496 e. The molecule has 1 fully saturated rings. The van der Waals surface area contributed by atoms with Crippen LogP contribution < -0.4 is 14.8 Å². The Hall–Kier alpha value is -3.06. The third kappa shape index (κ3) is 5.06. The van der Waals surface area contributed by atoms with Crippen LogP contribution in [-0.2, 0) is 22.7 Å². The molecule has 1 N–H and O–H groups in total. The maximum absolute atomic E-state index is 12.5. The van der Waals surface area contributed by atoms with E-state index in [1.165, 1.54) is 0 Å². The van der Waals surface area contributed by atoms with Crippen LogP contribution in [0, 0.1) is 0 Å². The van der Waals surface area contributed by atoms with E-state index in [0.29, 0.717) is 39.3 Å². The molecule has 2 aromatic rings. The molecular formula is C22H27N3O4. The lowest BCUT2D eigenvalue weighted by Crippen LogP contribution is -2.55. The number of benzene rings is 2. The number of hydrogen-bond donors (Lipinski definition) is 1. The lowest BCUT2D eigenvalue weighted by atomic mass is 10.1. The maximum atomic E-state index is 12.5. The molecule has 0 bridgehead atoms. The predicted octanol–water partition coefficient (Wildman–Crippen LogP) is 1.66. The number of carbonyl (C=O) groups excluding carboxylic acids is 2. The van der Waals surface area contributed by atoms with Gasteiger partial charge >= 0.3 is 11.8 Å². The van der Waals surface area contributed by atoms with E-state index in [-0.39, 0.29) is 0 Å². The first-order chi connectivity index (χ1) is 14.1. The topological polar surface area (TPSA) is 71.1 Å². The third-order valence-electron chi connectivity index (χ3n) is 5.02. The molecule has 1 saturated heterocycles. The number of para-hydroxylation sites is 2. The van der Waals surface area contributed by atoms with Gasteiger partial charge in [0.05, 0.1) is 14.2 Å². The van der Waals surface area contributed by atoms with Crippen molar-refractivity contribution < 1.29 is 19.1 Å². The zero-order valence-electron chi connectivity index (χ0n) is 16.9. The first-order valence-electron chi connectivity index (χ1n) is 9.66. The normalized spacial score (nSPS) is 14.3. The average molecular weight is 397 g/mol. The average Bonchev–Trinajstić information content (AvgIpc) is 2.76. The number of ether oxygens (including phenoxy) is 2. The fraction of sp³-hybridized carbons (Fsp3) is 0.364. The van der Waals surface area contributed by atoms with E-state index in [0.717, 1.165) is 22.6 Å². The van der Waals surface area contributed by atoms with Crippen LogP contribution >= 0.6 is 0 Å². The number of carbonyl (C=O) groups is 2. The number of hydrogen-bond acceptors (Lipinski definition) is 5. The molecule has 0 radical (unpaired) electrons. The Bertz CT molecular complexity index is 853. The van der Waals surface area contributed by atoms with E-state index in [9.17, 15) is 9.59 Å². The second kappa shape index (κ2) is 9.93. The second-order valence-electron chi connectivity index (χ2n) is 6.82. The van der Waals surface area contributed by atoms with E-state index < -0.39 is 11.8 Å². The first-order valence-corrected chi connectivity index (χ1v) is 9.66. The van der Waals surface area contributed by atoms with E-state index in [1.54, 1.807) is 24.0 Å². The Morgan fingerprint density at radius 2 is 1.38 bits per heavy atom. The fourth-order valence-corrected chi connectivity index (χ4v) is 3.40. The molecular weight excluding hydrogens is 370 g/mol. The third-order valence-corrected chi connectivity index (χ3v) is 5.02. The van der Waals surface area contributed by atoms with Crippen molar-refractivity contribution in [2.75, 3.05) is 40.4 Å². The van der Waals surface area contributed by atoms with Gasteiger partial charge in [-0.15, -0.1) is 0 Å². The van der Waals surface area contributed by atoms with Gasteiger partial charge < -0.3 is 24.6 Å². The summed E-state index contributed by atoms with van der Waals surface area (Å²) in [5, 5.41) is 3.31. The van der Waals surface area contributed by atoms with Crippen LogP contribution in [0.15, 0.2) is 48.5 Å². The molecule has 0 aromatic heterocycles. The second-order valence-corrected chi connectivity index (χ2v) is 6.82. The van der Waals surface area contributed by atoms with Crippen LogP contribution in [0.25, 0.3) is 0 Å². The van der Waals surface area contributed by atoms with Crippen molar-refractivity contribution in [2.45, 2.75) is 13.1 Å². The summed E-state index contributed by atoms with van der Waals surface area (Å²) in [6, 6.07) is 15.3. The molecule has 1 aliphatic rings. The smallest absolute Gasteiger partial charge is 0.312 e. The molecule has 29 heavy (non-hydrogen) atoms. The van der Waals surface area contributed by atoms with Crippen molar-refractivity contribution in [3.8, 4) is 11.5 Å². The van der Waals surface area contributed by atoms with Gasteiger partial charge in [-0.2, -0.15) is 0 Å². The predicted molar refractivity (Wildman–Crippen MR) is 110 cm³/mol. The molecule has 2 amide bonds. The van der Waals surface area contributed by atoms with E-state index >= 15 is 0 Å². The van der Waals surface area contributed by atoms with Gasteiger partial charge in [0.25, 0.3) is 0 Å². The van der Waals surface area contributed by atoms with Crippen LogP contribution in [0.4, 0.5) is 0 Å². The number of rotatable bonds is 9. The van der Waals surface area contributed by atoms with Crippen molar-refractivity contribution >= 4 is 11.8 Å². The molecule has 0 spiro atoms. The van der Waals surface area contributed by atoms with Gasteiger partial charge in [-0.3, -0.25) is 9.59 Å². The Kier molecular flexibility index (Phi) is 7.08. The first kappa shape index (κ1) is 20.7. The van der Waals surface area contributed by atoms with Gasteiger partial charge in [0.1, 0.15) is 11.5 Å².